The van der Waals surface area contributed by atoms with Crippen LogP contribution in [0.1, 0.15) is 51.3 Å². The number of pyridine rings is 1. The minimum absolute atomic E-state index is 0.171. The third kappa shape index (κ3) is 4.24. The lowest BCUT2D eigenvalue weighted by Gasteiger charge is -2.38. The number of hydrogen-bond donors (Lipinski definition) is 1. The Kier molecular flexibility index (Phi) is 6.12. The van der Waals surface area contributed by atoms with Gasteiger partial charge in [0.05, 0.1) is 17.9 Å². The normalized spacial score (nSPS) is 23.0. The van der Waals surface area contributed by atoms with Crippen molar-refractivity contribution in [3.8, 4) is 0 Å². The van der Waals surface area contributed by atoms with E-state index in [-0.39, 0.29) is 11.9 Å². The Balaban J connectivity index is 2.02. The molecule has 4 heteroatoms. The van der Waals surface area contributed by atoms with Crippen LogP contribution < -0.4 is 5.32 Å². The molecule has 0 saturated carbocycles. The maximum absolute atomic E-state index is 13.0. The number of piperidine rings is 1. The Morgan fingerprint density at radius 1 is 1.43 bits per heavy atom. The van der Waals surface area contributed by atoms with Crippen molar-refractivity contribution < 1.29 is 4.39 Å². The van der Waals surface area contributed by atoms with E-state index in [9.17, 15) is 4.39 Å². The number of nitrogens with one attached hydrogen (secondary N) is 1. The molecule has 0 aliphatic carbocycles. The van der Waals surface area contributed by atoms with Crippen molar-refractivity contribution in [1.29, 1.82) is 0 Å². The van der Waals surface area contributed by atoms with Gasteiger partial charge in [-0.05, 0) is 50.9 Å². The quantitative estimate of drug-likeness (QED) is 0.871. The number of nitrogens with zero attached hydrogens (tertiary/aromatic N) is 2. The molecule has 21 heavy (non-hydrogen) atoms. The topological polar surface area (TPSA) is 28.2 Å². The van der Waals surface area contributed by atoms with Gasteiger partial charge < -0.3 is 10.2 Å². The van der Waals surface area contributed by atoms with Gasteiger partial charge in [0.1, 0.15) is 5.82 Å². The second-order valence-electron chi connectivity index (χ2n) is 6.20. The Bertz CT molecular complexity index is 421. The van der Waals surface area contributed by atoms with Crippen LogP contribution in [0.2, 0.25) is 0 Å². The van der Waals surface area contributed by atoms with Crippen LogP contribution in [0.15, 0.2) is 18.3 Å². The summed E-state index contributed by atoms with van der Waals surface area (Å²) in [5.41, 5.74) is 0.927. The average Bonchev–Trinajstić information content (AvgIpc) is 2.50. The van der Waals surface area contributed by atoms with Crippen LogP contribution in [0.5, 0.6) is 0 Å². The Morgan fingerprint density at radius 2 is 2.24 bits per heavy atom. The molecule has 3 unspecified atom stereocenters. The van der Waals surface area contributed by atoms with Crippen molar-refractivity contribution in [3.05, 3.63) is 29.8 Å². The lowest BCUT2D eigenvalue weighted by Crippen LogP contribution is -2.43. The summed E-state index contributed by atoms with van der Waals surface area (Å²) >= 11 is 0. The number of likely N-dealkylation sites (tertiary alicyclic amines) is 1. The molecule has 1 aliphatic heterocycles. The van der Waals surface area contributed by atoms with E-state index in [0.717, 1.165) is 18.3 Å². The van der Waals surface area contributed by atoms with Gasteiger partial charge >= 0.3 is 0 Å². The molecule has 0 spiro atoms. The first kappa shape index (κ1) is 16.4. The molecule has 0 amide bonds. The van der Waals surface area contributed by atoms with Crippen molar-refractivity contribution >= 4 is 0 Å². The van der Waals surface area contributed by atoms with Gasteiger partial charge in [0.2, 0.25) is 0 Å². The first-order valence-electron chi connectivity index (χ1n) is 8.18. The third-order valence-corrected chi connectivity index (χ3v) is 4.69. The molecular weight excluding hydrogens is 265 g/mol. The summed E-state index contributed by atoms with van der Waals surface area (Å²) in [6, 6.07) is 4.18. The molecule has 0 aromatic carbocycles. The molecule has 2 heterocycles. The van der Waals surface area contributed by atoms with Gasteiger partial charge in [-0.15, -0.1) is 0 Å². The summed E-state index contributed by atoms with van der Waals surface area (Å²) in [4.78, 5) is 6.87. The summed E-state index contributed by atoms with van der Waals surface area (Å²) < 4.78 is 13.0. The smallest absolute Gasteiger partial charge is 0.141 e. The van der Waals surface area contributed by atoms with Gasteiger partial charge in [0, 0.05) is 12.6 Å². The molecule has 0 radical (unpaired) electrons. The second kappa shape index (κ2) is 7.85. The van der Waals surface area contributed by atoms with E-state index in [1.54, 1.807) is 6.07 Å². The predicted molar refractivity (Wildman–Crippen MR) is 84.7 cm³/mol. The fraction of sp³-hybridized carbons (Fsp3) is 0.706. The van der Waals surface area contributed by atoms with Gasteiger partial charge in [-0.1, -0.05) is 20.3 Å². The SMILES string of the molecule is CCC1CCCCN1CC(C)C(NC)c1ccc(F)cn1. The highest BCUT2D eigenvalue weighted by Gasteiger charge is 2.26. The van der Waals surface area contributed by atoms with E-state index in [2.05, 4.69) is 29.0 Å². The fourth-order valence-corrected chi connectivity index (χ4v) is 3.53. The molecule has 1 saturated heterocycles. The van der Waals surface area contributed by atoms with Gasteiger partial charge in [-0.25, -0.2) is 4.39 Å². The predicted octanol–water partition coefficient (Wildman–Crippen LogP) is 3.38. The zero-order valence-corrected chi connectivity index (χ0v) is 13.5. The van der Waals surface area contributed by atoms with Gasteiger partial charge in [0.15, 0.2) is 0 Å². The zero-order valence-electron chi connectivity index (χ0n) is 13.5. The Morgan fingerprint density at radius 3 is 2.86 bits per heavy atom. The monoisotopic (exact) mass is 293 g/mol. The van der Waals surface area contributed by atoms with Gasteiger partial charge in [-0.2, -0.15) is 0 Å². The molecule has 0 bridgehead atoms. The van der Waals surface area contributed by atoms with E-state index >= 15 is 0 Å². The molecule has 1 aliphatic rings. The van der Waals surface area contributed by atoms with Crippen LogP contribution in [-0.2, 0) is 0 Å². The fourth-order valence-electron chi connectivity index (χ4n) is 3.53. The molecular formula is C17H28FN3. The summed E-state index contributed by atoms with van der Waals surface area (Å²) in [6.07, 6.45) is 6.52. The highest BCUT2D eigenvalue weighted by molar-refractivity contribution is 5.11. The van der Waals surface area contributed by atoms with Crippen molar-refractivity contribution in [1.82, 2.24) is 15.2 Å². The summed E-state index contributed by atoms with van der Waals surface area (Å²) in [6.45, 7) is 6.82. The molecule has 1 aromatic heterocycles. The molecule has 3 atom stereocenters. The number of halogens is 1. The van der Waals surface area contributed by atoms with E-state index in [1.165, 1.54) is 44.5 Å². The molecule has 2 rings (SSSR count). The summed E-state index contributed by atoms with van der Waals surface area (Å²) in [5.74, 6) is 0.170. The first-order chi connectivity index (χ1) is 10.2. The maximum Gasteiger partial charge on any atom is 0.141 e. The van der Waals surface area contributed by atoms with E-state index < -0.39 is 0 Å². The van der Waals surface area contributed by atoms with E-state index in [4.69, 9.17) is 0 Å². The van der Waals surface area contributed by atoms with Crippen LogP contribution in [0.3, 0.4) is 0 Å². The van der Waals surface area contributed by atoms with Crippen LogP contribution in [0.25, 0.3) is 0 Å². The Hall–Kier alpha value is -1.00. The number of rotatable bonds is 6. The van der Waals surface area contributed by atoms with E-state index in [0.29, 0.717) is 5.92 Å². The molecule has 1 aromatic rings. The first-order valence-corrected chi connectivity index (χ1v) is 8.18. The van der Waals surface area contributed by atoms with Crippen molar-refractivity contribution in [2.24, 2.45) is 5.92 Å². The summed E-state index contributed by atoms with van der Waals surface area (Å²) in [5, 5.41) is 3.35. The minimum atomic E-state index is -0.275. The highest BCUT2D eigenvalue weighted by atomic mass is 19.1. The third-order valence-electron chi connectivity index (χ3n) is 4.69. The molecule has 1 N–H and O–H groups in total. The lowest BCUT2D eigenvalue weighted by atomic mass is 9.94. The Labute approximate surface area is 127 Å². The van der Waals surface area contributed by atoms with Crippen molar-refractivity contribution in [2.75, 3.05) is 20.1 Å². The van der Waals surface area contributed by atoms with Gasteiger partial charge in [0.25, 0.3) is 0 Å². The summed E-state index contributed by atoms with van der Waals surface area (Å²) in [7, 11) is 1.96. The largest absolute Gasteiger partial charge is 0.311 e. The molecule has 3 nitrogen and oxygen atoms in total. The average molecular weight is 293 g/mol. The van der Waals surface area contributed by atoms with Crippen LogP contribution in [0.4, 0.5) is 4.39 Å². The standard InChI is InChI=1S/C17H28FN3/c1-4-15-7-5-6-10-21(15)12-13(2)17(19-3)16-9-8-14(18)11-20-16/h8-9,11,13,15,17,19H,4-7,10,12H2,1-3H3. The van der Waals surface area contributed by atoms with Crippen molar-refractivity contribution in [3.63, 3.8) is 0 Å². The van der Waals surface area contributed by atoms with Crippen LogP contribution >= 0.6 is 0 Å². The number of hydrogen-bond acceptors (Lipinski definition) is 3. The maximum atomic E-state index is 13.0. The van der Waals surface area contributed by atoms with Crippen molar-refractivity contribution in [2.45, 2.75) is 51.6 Å². The van der Waals surface area contributed by atoms with Crippen LogP contribution in [-0.4, -0.2) is 36.1 Å². The molecule has 118 valence electrons. The van der Waals surface area contributed by atoms with Gasteiger partial charge in [-0.3, -0.25) is 4.98 Å². The highest BCUT2D eigenvalue weighted by Crippen LogP contribution is 2.25. The van der Waals surface area contributed by atoms with Crippen LogP contribution in [0, 0.1) is 11.7 Å². The zero-order chi connectivity index (χ0) is 15.2. The minimum Gasteiger partial charge on any atom is -0.311 e. The molecule has 1 fully saturated rings. The van der Waals surface area contributed by atoms with E-state index in [1.807, 2.05) is 7.05 Å². The lowest BCUT2D eigenvalue weighted by molar-refractivity contribution is 0.115. The second-order valence-corrected chi connectivity index (χ2v) is 6.20. The number of aromatic nitrogens is 1.